The van der Waals surface area contributed by atoms with Gasteiger partial charge in [0.1, 0.15) is 6.29 Å². The molecule has 1 atom stereocenters. The highest BCUT2D eigenvalue weighted by atomic mass is 16.1. The third kappa shape index (κ3) is 1.84. The predicted octanol–water partition coefficient (Wildman–Crippen LogP) is 2.88. The first-order chi connectivity index (χ1) is 5.79. The van der Waals surface area contributed by atoms with Gasteiger partial charge in [-0.25, -0.2) is 0 Å². The summed E-state index contributed by atoms with van der Waals surface area (Å²) in [6.45, 7) is 4.16. The van der Waals surface area contributed by atoms with Crippen LogP contribution < -0.4 is 0 Å². The van der Waals surface area contributed by atoms with Gasteiger partial charge in [-0.2, -0.15) is 0 Å². The molecule has 0 aromatic rings. The van der Waals surface area contributed by atoms with Gasteiger partial charge in [0.25, 0.3) is 0 Å². The summed E-state index contributed by atoms with van der Waals surface area (Å²) in [6, 6.07) is 0. The van der Waals surface area contributed by atoms with E-state index >= 15 is 0 Å². The Labute approximate surface area is 74.2 Å². The minimum absolute atomic E-state index is 0.209. The Kier molecular flexibility index (Phi) is 3.27. The van der Waals surface area contributed by atoms with Gasteiger partial charge in [-0.3, -0.25) is 0 Å². The molecule has 0 saturated heterocycles. The smallest absolute Gasteiger partial charge is 0.127 e. The highest BCUT2D eigenvalue weighted by Crippen LogP contribution is 2.32. The van der Waals surface area contributed by atoms with Crippen molar-refractivity contribution in [2.75, 3.05) is 0 Å². The van der Waals surface area contributed by atoms with E-state index in [4.69, 9.17) is 0 Å². The molecule has 1 nitrogen and oxygen atoms in total. The van der Waals surface area contributed by atoms with E-state index in [1.807, 2.05) is 13.0 Å². The van der Waals surface area contributed by atoms with Crippen LogP contribution in [0.3, 0.4) is 0 Å². The van der Waals surface area contributed by atoms with Crippen LogP contribution in [-0.4, -0.2) is 6.29 Å². The molecule has 1 heteroatoms. The molecule has 0 aromatic heterocycles. The van der Waals surface area contributed by atoms with E-state index in [1.54, 1.807) is 0 Å². The molecule has 1 aliphatic rings. The molecule has 0 radical (unpaired) electrons. The van der Waals surface area contributed by atoms with Crippen LogP contribution in [-0.2, 0) is 4.79 Å². The van der Waals surface area contributed by atoms with E-state index < -0.39 is 0 Å². The van der Waals surface area contributed by atoms with Gasteiger partial charge in [0, 0.05) is 5.92 Å². The molecular formula is C11H16O. The van der Waals surface area contributed by atoms with Crippen molar-refractivity contribution >= 4 is 6.29 Å². The number of rotatable bonds is 3. The maximum Gasteiger partial charge on any atom is 0.127 e. The molecule has 0 aromatic carbocycles. The Balaban J connectivity index is 2.68. The van der Waals surface area contributed by atoms with Gasteiger partial charge < -0.3 is 4.79 Å². The number of carbonyl (C=O) groups excluding carboxylic acids is 1. The monoisotopic (exact) mass is 164 g/mol. The zero-order valence-electron chi connectivity index (χ0n) is 7.84. The minimum atomic E-state index is 0.209. The van der Waals surface area contributed by atoms with Crippen molar-refractivity contribution in [2.45, 2.75) is 33.1 Å². The Bertz CT molecular complexity index is 223. The molecule has 0 spiro atoms. The second-order valence-corrected chi connectivity index (χ2v) is 3.36. The van der Waals surface area contributed by atoms with E-state index in [2.05, 4.69) is 13.0 Å². The number of hydrogen-bond donors (Lipinski definition) is 0. The van der Waals surface area contributed by atoms with Crippen LogP contribution in [0.1, 0.15) is 33.1 Å². The van der Waals surface area contributed by atoms with Crippen LogP contribution >= 0.6 is 0 Å². The molecule has 0 saturated carbocycles. The first-order valence-electron chi connectivity index (χ1n) is 4.54. The van der Waals surface area contributed by atoms with Gasteiger partial charge in [0.15, 0.2) is 0 Å². The number of allylic oxidation sites excluding steroid dienone is 4. The van der Waals surface area contributed by atoms with Crippen molar-refractivity contribution in [3.8, 4) is 0 Å². The maximum atomic E-state index is 10.7. The molecule has 0 amide bonds. The first kappa shape index (κ1) is 9.24. The van der Waals surface area contributed by atoms with E-state index in [9.17, 15) is 4.79 Å². The van der Waals surface area contributed by atoms with Gasteiger partial charge in [-0.1, -0.05) is 23.3 Å². The second kappa shape index (κ2) is 4.24. The Morgan fingerprint density at radius 2 is 2.33 bits per heavy atom. The van der Waals surface area contributed by atoms with Gasteiger partial charge >= 0.3 is 0 Å². The van der Waals surface area contributed by atoms with Crippen molar-refractivity contribution in [2.24, 2.45) is 5.92 Å². The second-order valence-electron chi connectivity index (χ2n) is 3.36. The molecule has 0 fully saturated rings. The van der Waals surface area contributed by atoms with Crippen molar-refractivity contribution in [3.63, 3.8) is 0 Å². The van der Waals surface area contributed by atoms with E-state index in [0.717, 1.165) is 25.5 Å². The molecular weight excluding hydrogens is 148 g/mol. The standard InChI is InChI=1S/C11H16O/c1-3-4-5-11-9(2)6-7-10(11)8-12/h3-4,8,10H,5-7H2,1-2H3/b4-3+. The SMILES string of the molecule is C/C=C/CC1=C(C)CCC1C=O. The van der Waals surface area contributed by atoms with E-state index in [-0.39, 0.29) is 5.92 Å². The maximum absolute atomic E-state index is 10.7. The molecule has 1 rings (SSSR count). The average molecular weight is 164 g/mol. The van der Waals surface area contributed by atoms with Crippen LogP contribution in [0.2, 0.25) is 0 Å². The van der Waals surface area contributed by atoms with Gasteiger partial charge in [-0.05, 0) is 33.1 Å². The van der Waals surface area contributed by atoms with E-state index in [1.165, 1.54) is 11.1 Å². The molecule has 0 heterocycles. The fraction of sp³-hybridized carbons (Fsp3) is 0.545. The van der Waals surface area contributed by atoms with Crippen LogP contribution in [0, 0.1) is 5.92 Å². The largest absolute Gasteiger partial charge is 0.303 e. The fourth-order valence-corrected chi connectivity index (χ4v) is 1.74. The van der Waals surface area contributed by atoms with Crippen LogP contribution in [0.25, 0.3) is 0 Å². The quantitative estimate of drug-likeness (QED) is 0.463. The van der Waals surface area contributed by atoms with Gasteiger partial charge in [0.05, 0.1) is 0 Å². The molecule has 1 unspecified atom stereocenters. The molecule has 12 heavy (non-hydrogen) atoms. The lowest BCUT2D eigenvalue weighted by Gasteiger charge is -2.05. The zero-order valence-corrected chi connectivity index (χ0v) is 7.84. The van der Waals surface area contributed by atoms with Crippen molar-refractivity contribution in [1.29, 1.82) is 0 Å². The summed E-state index contributed by atoms with van der Waals surface area (Å²) in [5, 5.41) is 0. The predicted molar refractivity (Wildman–Crippen MR) is 50.9 cm³/mol. The minimum Gasteiger partial charge on any atom is -0.303 e. The Morgan fingerprint density at radius 3 is 2.92 bits per heavy atom. The lowest BCUT2D eigenvalue weighted by Crippen LogP contribution is -1.99. The van der Waals surface area contributed by atoms with Crippen LogP contribution in [0.15, 0.2) is 23.3 Å². The molecule has 0 bridgehead atoms. The van der Waals surface area contributed by atoms with Crippen molar-refractivity contribution in [3.05, 3.63) is 23.3 Å². The summed E-state index contributed by atoms with van der Waals surface area (Å²) in [4.78, 5) is 10.7. The fourth-order valence-electron chi connectivity index (χ4n) is 1.74. The third-order valence-corrected chi connectivity index (χ3v) is 2.56. The first-order valence-corrected chi connectivity index (χ1v) is 4.54. The van der Waals surface area contributed by atoms with Crippen LogP contribution in [0.4, 0.5) is 0 Å². The zero-order chi connectivity index (χ0) is 8.97. The third-order valence-electron chi connectivity index (χ3n) is 2.56. The molecule has 0 N–H and O–H groups in total. The highest BCUT2D eigenvalue weighted by Gasteiger charge is 2.20. The highest BCUT2D eigenvalue weighted by molar-refractivity contribution is 5.61. The summed E-state index contributed by atoms with van der Waals surface area (Å²) in [5.74, 6) is 0.209. The Hall–Kier alpha value is -0.850. The summed E-state index contributed by atoms with van der Waals surface area (Å²) in [5.41, 5.74) is 2.77. The number of carbonyl (C=O) groups is 1. The summed E-state index contributed by atoms with van der Waals surface area (Å²) >= 11 is 0. The molecule has 66 valence electrons. The number of hydrogen-bond acceptors (Lipinski definition) is 1. The lowest BCUT2D eigenvalue weighted by molar-refractivity contribution is -0.110. The summed E-state index contributed by atoms with van der Waals surface area (Å²) < 4.78 is 0. The molecule has 1 aliphatic carbocycles. The van der Waals surface area contributed by atoms with Crippen molar-refractivity contribution in [1.82, 2.24) is 0 Å². The lowest BCUT2D eigenvalue weighted by atomic mass is 9.99. The number of aldehydes is 1. The summed E-state index contributed by atoms with van der Waals surface area (Å²) in [7, 11) is 0. The molecule has 0 aliphatic heterocycles. The van der Waals surface area contributed by atoms with Gasteiger partial charge in [-0.15, -0.1) is 0 Å². The normalized spacial score (nSPS) is 24.0. The van der Waals surface area contributed by atoms with Gasteiger partial charge in [0.2, 0.25) is 0 Å². The van der Waals surface area contributed by atoms with Crippen LogP contribution in [0.5, 0.6) is 0 Å². The van der Waals surface area contributed by atoms with E-state index in [0.29, 0.717) is 0 Å². The average Bonchev–Trinajstić information content (AvgIpc) is 2.43. The summed E-state index contributed by atoms with van der Waals surface area (Å²) in [6.07, 6.45) is 8.36. The topological polar surface area (TPSA) is 17.1 Å². The van der Waals surface area contributed by atoms with Crippen molar-refractivity contribution < 1.29 is 4.79 Å². The Morgan fingerprint density at radius 1 is 1.58 bits per heavy atom.